The molecule has 38 heavy (non-hydrogen) atoms. The summed E-state index contributed by atoms with van der Waals surface area (Å²) in [5, 5.41) is 12.8. The van der Waals surface area contributed by atoms with Gasteiger partial charge in [-0.25, -0.2) is 0 Å². The summed E-state index contributed by atoms with van der Waals surface area (Å²) >= 11 is 0. The summed E-state index contributed by atoms with van der Waals surface area (Å²) in [6.07, 6.45) is 5.96. The Hall–Kier alpha value is -3.64. The van der Waals surface area contributed by atoms with Gasteiger partial charge < -0.3 is 20.1 Å². The van der Waals surface area contributed by atoms with Crippen molar-refractivity contribution >= 4 is 11.8 Å². The Morgan fingerprint density at radius 1 is 0.947 bits per heavy atom. The van der Waals surface area contributed by atoms with Gasteiger partial charge in [-0.3, -0.25) is 9.59 Å². The molecule has 198 valence electrons. The van der Waals surface area contributed by atoms with Gasteiger partial charge in [-0.2, -0.15) is 0 Å². The van der Waals surface area contributed by atoms with Crippen molar-refractivity contribution in [3.63, 3.8) is 0 Å². The number of rotatable bonds is 8. The van der Waals surface area contributed by atoms with Gasteiger partial charge in [-0.05, 0) is 59.7 Å². The lowest BCUT2D eigenvalue weighted by atomic mass is 9.77. The van der Waals surface area contributed by atoms with E-state index in [1.54, 1.807) is 7.11 Å². The lowest BCUT2D eigenvalue weighted by molar-refractivity contribution is -0.124. The molecule has 0 radical (unpaired) electrons. The number of aliphatic hydroxyl groups excluding tert-OH is 1. The second-order valence-corrected chi connectivity index (χ2v) is 10.3. The average Bonchev–Trinajstić information content (AvgIpc) is 2.98. The molecule has 3 aromatic carbocycles. The predicted octanol–water partition coefficient (Wildman–Crippen LogP) is 5.16. The second kappa shape index (κ2) is 11.8. The van der Waals surface area contributed by atoms with Crippen LogP contribution in [0.4, 0.5) is 0 Å². The van der Waals surface area contributed by atoms with Crippen LogP contribution in [0.1, 0.15) is 76.7 Å². The van der Waals surface area contributed by atoms with Crippen LogP contribution in [-0.2, 0) is 17.8 Å². The summed E-state index contributed by atoms with van der Waals surface area (Å²) in [5.74, 6) is 0.210. The van der Waals surface area contributed by atoms with Crippen molar-refractivity contribution in [1.82, 2.24) is 10.2 Å². The van der Waals surface area contributed by atoms with Crippen LogP contribution in [0.2, 0.25) is 0 Å². The van der Waals surface area contributed by atoms with E-state index in [9.17, 15) is 14.7 Å². The fourth-order valence-electron chi connectivity index (χ4n) is 6.00. The molecule has 0 aromatic heterocycles. The predicted molar refractivity (Wildman–Crippen MR) is 147 cm³/mol. The Balaban J connectivity index is 1.48. The number of hydrogen-bond acceptors (Lipinski definition) is 4. The van der Waals surface area contributed by atoms with Crippen molar-refractivity contribution in [1.29, 1.82) is 0 Å². The first-order valence-electron chi connectivity index (χ1n) is 13.6. The van der Waals surface area contributed by atoms with E-state index in [2.05, 4.69) is 5.32 Å². The number of hydrogen-bond donors (Lipinski definition) is 2. The normalized spacial score (nSPS) is 19.6. The zero-order chi connectivity index (χ0) is 26.5. The minimum absolute atomic E-state index is 0.00557. The quantitative estimate of drug-likeness (QED) is 0.437. The number of amides is 2. The van der Waals surface area contributed by atoms with Crippen molar-refractivity contribution in [3.8, 4) is 5.75 Å². The molecule has 2 atom stereocenters. The van der Waals surface area contributed by atoms with E-state index in [0.717, 1.165) is 53.7 Å². The van der Waals surface area contributed by atoms with Crippen LogP contribution >= 0.6 is 0 Å². The minimum Gasteiger partial charge on any atom is -0.497 e. The molecule has 2 aliphatic rings. The molecule has 1 aliphatic carbocycles. The molecule has 0 unspecified atom stereocenters. The molecule has 6 nitrogen and oxygen atoms in total. The molecule has 2 N–H and O–H groups in total. The third kappa shape index (κ3) is 5.32. The number of nitrogens with one attached hydrogen (secondary N) is 1. The fraction of sp³-hybridized carbons (Fsp3) is 0.375. The summed E-state index contributed by atoms with van der Waals surface area (Å²) in [5.41, 5.74) is 4.25. The lowest BCUT2D eigenvalue weighted by Crippen LogP contribution is -2.52. The van der Waals surface area contributed by atoms with E-state index in [4.69, 9.17) is 4.74 Å². The highest BCUT2D eigenvalue weighted by molar-refractivity contribution is 6.01. The maximum Gasteiger partial charge on any atom is 0.254 e. The van der Waals surface area contributed by atoms with Gasteiger partial charge >= 0.3 is 0 Å². The number of carbonyl (C=O) groups excluding carboxylic acids is 2. The van der Waals surface area contributed by atoms with Crippen molar-refractivity contribution in [2.45, 2.75) is 63.1 Å². The molecule has 1 heterocycles. The summed E-state index contributed by atoms with van der Waals surface area (Å²) in [6.45, 7) is 0.450. The number of fused-ring (bicyclic) bond motifs is 1. The highest BCUT2D eigenvalue weighted by Crippen LogP contribution is 2.45. The third-order valence-corrected chi connectivity index (χ3v) is 8.00. The smallest absolute Gasteiger partial charge is 0.254 e. The van der Waals surface area contributed by atoms with Gasteiger partial charge in [0.05, 0.1) is 25.7 Å². The van der Waals surface area contributed by atoms with Crippen LogP contribution < -0.4 is 10.1 Å². The molecule has 3 aromatic rings. The molecule has 0 spiro atoms. The first-order chi connectivity index (χ1) is 18.6. The van der Waals surface area contributed by atoms with Crippen molar-refractivity contribution < 1.29 is 19.4 Å². The number of carbonyl (C=O) groups is 2. The molecular formula is C32H36N2O4. The third-order valence-electron chi connectivity index (χ3n) is 8.00. The Morgan fingerprint density at radius 3 is 2.32 bits per heavy atom. The van der Waals surface area contributed by atoms with Crippen LogP contribution in [0.25, 0.3) is 0 Å². The largest absolute Gasteiger partial charge is 0.497 e. The van der Waals surface area contributed by atoms with Gasteiger partial charge in [-0.1, -0.05) is 73.9 Å². The minimum atomic E-state index is -0.526. The van der Waals surface area contributed by atoms with Crippen LogP contribution in [0.15, 0.2) is 72.8 Å². The topological polar surface area (TPSA) is 78.9 Å². The standard InChI is InChI=1S/C32H36N2O4/c1-38-26-17-13-22(14-18-26)19-20-33-31(36)29-27-9-5-6-10-28(27)32(37)34(25-7-3-2-4-8-25)30(29)24-15-11-23(21-35)12-16-24/h5-6,9-18,25,29-30,35H,2-4,7-8,19-21H2,1H3,(H,33,36)/t29-,30+/m1/s1. The van der Waals surface area contributed by atoms with Gasteiger partial charge in [0.2, 0.25) is 5.91 Å². The Kier molecular flexibility index (Phi) is 8.08. The summed E-state index contributed by atoms with van der Waals surface area (Å²) in [6, 6.07) is 22.8. The maximum atomic E-state index is 14.0. The highest BCUT2D eigenvalue weighted by Gasteiger charge is 2.46. The fourth-order valence-corrected chi connectivity index (χ4v) is 6.00. The average molecular weight is 513 g/mol. The SMILES string of the molecule is COc1ccc(CCNC(=O)[C@@H]2c3ccccc3C(=O)N(C3CCCCC3)[C@H]2c2ccc(CO)cc2)cc1. The van der Waals surface area contributed by atoms with E-state index >= 15 is 0 Å². The Labute approximate surface area is 224 Å². The molecule has 1 saturated carbocycles. The number of aliphatic hydroxyl groups is 1. The van der Waals surface area contributed by atoms with Crippen LogP contribution in [0.5, 0.6) is 5.75 Å². The van der Waals surface area contributed by atoms with Crippen LogP contribution in [0.3, 0.4) is 0 Å². The molecule has 2 amide bonds. The number of benzene rings is 3. The zero-order valence-electron chi connectivity index (χ0n) is 21.9. The van der Waals surface area contributed by atoms with E-state index in [0.29, 0.717) is 18.5 Å². The Bertz CT molecular complexity index is 1250. The molecule has 5 rings (SSSR count). The van der Waals surface area contributed by atoms with Crippen molar-refractivity contribution in [2.24, 2.45) is 0 Å². The molecule has 1 aliphatic heterocycles. The lowest BCUT2D eigenvalue weighted by Gasteiger charge is -2.46. The number of nitrogens with zero attached hydrogens (tertiary/aromatic N) is 1. The van der Waals surface area contributed by atoms with Crippen LogP contribution in [0, 0.1) is 0 Å². The van der Waals surface area contributed by atoms with Gasteiger partial charge in [-0.15, -0.1) is 0 Å². The van der Waals surface area contributed by atoms with Gasteiger partial charge in [0, 0.05) is 18.2 Å². The molecule has 6 heteroatoms. The monoisotopic (exact) mass is 512 g/mol. The van der Waals surface area contributed by atoms with Gasteiger partial charge in [0.15, 0.2) is 0 Å². The van der Waals surface area contributed by atoms with E-state index < -0.39 is 12.0 Å². The van der Waals surface area contributed by atoms with E-state index in [1.807, 2.05) is 77.7 Å². The van der Waals surface area contributed by atoms with Gasteiger partial charge in [0.1, 0.15) is 5.75 Å². The summed E-state index contributed by atoms with van der Waals surface area (Å²) in [4.78, 5) is 30.0. The first-order valence-corrected chi connectivity index (χ1v) is 13.6. The zero-order valence-corrected chi connectivity index (χ0v) is 21.9. The maximum absolute atomic E-state index is 14.0. The number of methoxy groups -OCH3 is 1. The van der Waals surface area contributed by atoms with E-state index in [-0.39, 0.29) is 24.5 Å². The first kappa shape index (κ1) is 26.0. The summed E-state index contributed by atoms with van der Waals surface area (Å²) < 4.78 is 5.25. The number of ether oxygens (including phenoxy) is 1. The van der Waals surface area contributed by atoms with Crippen LogP contribution in [-0.4, -0.2) is 41.5 Å². The Morgan fingerprint density at radius 2 is 1.63 bits per heavy atom. The van der Waals surface area contributed by atoms with Crippen molar-refractivity contribution in [2.75, 3.05) is 13.7 Å². The van der Waals surface area contributed by atoms with Crippen molar-refractivity contribution in [3.05, 3.63) is 101 Å². The van der Waals surface area contributed by atoms with Gasteiger partial charge in [0.25, 0.3) is 5.91 Å². The molecular weight excluding hydrogens is 476 g/mol. The molecule has 0 bridgehead atoms. The van der Waals surface area contributed by atoms with E-state index in [1.165, 1.54) is 6.42 Å². The second-order valence-electron chi connectivity index (χ2n) is 10.3. The molecule has 0 saturated heterocycles. The summed E-state index contributed by atoms with van der Waals surface area (Å²) in [7, 11) is 1.65. The molecule has 1 fully saturated rings. The highest BCUT2D eigenvalue weighted by atomic mass is 16.5.